The van der Waals surface area contributed by atoms with Gasteiger partial charge in [-0.15, -0.1) is 12.3 Å². The maximum atomic E-state index is 5.17. The van der Waals surface area contributed by atoms with Gasteiger partial charge in [0.05, 0.1) is 0 Å². The fraction of sp³-hybridized carbons (Fsp3) is 0.333. The van der Waals surface area contributed by atoms with E-state index in [2.05, 4.69) is 43.3 Å². The molecule has 1 heteroatoms. The van der Waals surface area contributed by atoms with Gasteiger partial charge in [0, 0.05) is 18.7 Å². The first-order chi connectivity index (χ1) is 6.24. The monoisotopic (exact) mass is 173 g/mol. The van der Waals surface area contributed by atoms with Crippen molar-refractivity contribution in [3.8, 4) is 12.3 Å². The van der Waals surface area contributed by atoms with E-state index in [9.17, 15) is 0 Å². The second-order valence-electron chi connectivity index (χ2n) is 3.20. The van der Waals surface area contributed by atoms with Crippen LogP contribution in [0.3, 0.4) is 0 Å². The molecule has 13 heavy (non-hydrogen) atoms. The summed E-state index contributed by atoms with van der Waals surface area (Å²) in [7, 11) is 0. The molecule has 0 aliphatic carbocycles. The molecule has 0 fully saturated rings. The summed E-state index contributed by atoms with van der Waals surface area (Å²) in [5, 5.41) is 3.31. The first-order valence-corrected chi connectivity index (χ1v) is 4.48. The molecule has 0 unspecified atom stereocenters. The molecule has 1 rings (SSSR count). The van der Waals surface area contributed by atoms with Gasteiger partial charge in [-0.2, -0.15) is 0 Å². The zero-order valence-electron chi connectivity index (χ0n) is 8.22. The molecule has 1 aromatic carbocycles. The molecule has 0 aromatic heterocycles. The third kappa shape index (κ3) is 2.83. The fourth-order valence-corrected chi connectivity index (χ4v) is 1.20. The van der Waals surface area contributed by atoms with Gasteiger partial charge in [0.1, 0.15) is 0 Å². The van der Waals surface area contributed by atoms with Crippen molar-refractivity contribution in [2.24, 2.45) is 0 Å². The molecule has 0 saturated heterocycles. The van der Waals surface area contributed by atoms with Crippen molar-refractivity contribution in [1.29, 1.82) is 0 Å². The van der Waals surface area contributed by atoms with Crippen molar-refractivity contribution < 1.29 is 0 Å². The van der Waals surface area contributed by atoms with Crippen molar-refractivity contribution in [1.82, 2.24) is 0 Å². The van der Waals surface area contributed by atoms with Crippen LogP contribution >= 0.6 is 0 Å². The Kier molecular flexibility index (Phi) is 3.40. The van der Waals surface area contributed by atoms with Gasteiger partial charge in [0.2, 0.25) is 0 Å². The quantitative estimate of drug-likeness (QED) is 0.547. The Morgan fingerprint density at radius 2 is 2.15 bits per heavy atom. The molecule has 0 spiro atoms. The highest BCUT2D eigenvalue weighted by molar-refractivity contribution is 5.52. The second-order valence-corrected chi connectivity index (χ2v) is 3.20. The van der Waals surface area contributed by atoms with Gasteiger partial charge in [-0.3, -0.25) is 0 Å². The van der Waals surface area contributed by atoms with E-state index in [0.717, 1.165) is 13.0 Å². The van der Waals surface area contributed by atoms with E-state index in [-0.39, 0.29) is 0 Å². The zero-order chi connectivity index (χ0) is 9.68. The SMILES string of the molecule is C#CCCNc1cc(C)ccc1C. The Bertz CT molecular complexity index is 320. The number of anilines is 1. The number of hydrogen-bond acceptors (Lipinski definition) is 1. The Morgan fingerprint density at radius 1 is 1.38 bits per heavy atom. The van der Waals surface area contributed by atoms with Gasteiger partial charge in [-0.1, -0.05) is 12.1 Å². The number of rotatable bonds is 3. The number of terminal acetylenes is 1. The summed E-state index contributed by atoms with van der Waals surface area (Å²) in [5.41, 5.74) is 3.73. The smallest absolute Gasteiger partial charge is 0.0372 e. The van der Waals surface area contributed by atoms with Crippen LogP contribution in [0.1, 0.15) is 17.5 Å². The topological polar surface area (TPSA) is 12.0 Å². The molecule has 0 aliphatic rings. The molecule has 0 aliphatic heterocycles. The minimum atomic E-state index is 0.771. The van der Waals surface area contributed by atoms with Gasteiger partial charge in [0.15, 0.2) is 0 Å². The number of nitrogens with one attached hydrogen (secondary N) is 1. The largest absolute Gasteiger partial charge is 0.384 e. The van der Waals surface area contributed by atoms with E-state index in [1.807, 2.05) is 0 Å². The molecule has 1 N–H and O–H groups in total. The third-order valence-corrected chi connectivity index (χ3v) is 1.98. The molecular weight excluding hydrogens is 158 g/mol. The summed E-state index contributed by atoms with van der Waals surface area (Å²) in [4.78, 5) is 0. The van der Waals surface area contributed by atoms with Crippen LogP contribution in [0.15, 0.2) is 18.2 Å². The third-order valence-electron chi connectivity index (χ3n) is 1.98. The molecule has 0 amide bonds. The summed E-state index contributed by atoms with van der Waals surface area (Å²) in [6, 6.07) is 6.38. The van der Waals surface area contributed by atoms with Crippen molar-refractivity contribution >= 4 is 5.69 Å². The summed E-state index contributed by atoms with van der Waals surface area (Å²) >= 11 is 0. The second kappa shape index (κ2) is 4.57. The highest BCUT2D eigenvalue weighted by Crippen LogP contribution is 2.15. The van der Waals surface area contributed by atoms with Crippen molar-refractivity contribution in [2.75, 3.05) is 11.9 Å². The predicted octanol–water partition coefficient (Wildman–Crippen LogP) is 2.74. The van der Waals surface area contributed by atoms with Crippen LogP contribution in [0.25, 0.3) is 0 Å². The highest BCUT2D eigenvalue weighted by atomic mass is 14.9. The molecule has 0 atom stereocenters. The van der Waals surface area contributed by atoms with Crippen LogP contribution in [-0.4, -0.2) is 6.54 Å². The van der Waals surface area contributed by atoms with Gasteiger partial charge in [-0.25, -0.2) is 0 Å². The van der Waals surface area contributed by atoms with Gasteiger partial charge >= 0.3 is 0 Å². The van der Waals surface area contributed by atoms with Gasteiger partial charge in [0.25, 0.3) is 0 Å². The molecule has 0 heterocycles. The molecular formula is C12H15N. The fourth-order valence-electron chi connectivity index (χ4n) is 1.20. The van der Waals surface area contributed by atoms with E-state index in [4.69, 9.17) is 6.42 Å². The van der Waals surface area contributed by atoms with E-state index in [1.165, 1.54) is 16.8 Å². The summed E-state index contributed by atoms with van der Waals surface area (Å²) in [5.74, 6) is 2.61. The first-order valence-electron chi connectivity index (χ1n) is 4.48. The normalized spacial score (nSPS) is 9.31. The van der Waals surface area contributed by atoms with Crippen LogP contribution < -0.4 is 5.32 Å². The van der Waals surface area contributed by atoms with E-state index >= 15 is 0 Å². The minimum absolute atomic E-state index is 0.771. The molecule has 1 nitrogen and oxygen atoms in total. The molecule has 0 saturated carbocycles. The molecule has 1 aromatic rings. The maximum Gasteiger partial charge on any atom is 0.0372 e. The Hall–Kier alpha value is -1.42. The van der Waals surface area contributed by atoms with Gasteiger partial charge in [-0.05, 0) is 31.0 Å². The summed E-state index contributed by atoms with van der Waals surface area (Å²) in [6.45, 7) is 5.03. The van der Waals surface area contributed by atoms with Crippen molar-refractivity contribution in [3.63, 3.8) is 0 Å². The maximum absolute atomic E-state index is 5.17. The van der Waals surface area contributed by atoms with Gasteiger partial charge < -0.3 is 5.32 Å². The van der Waals surface area contributed by atoms with E-state index in [1.54, 1.807) is 0 Å². The lowest BCUT2D eigenvalue weighted by Gasteiger charge is -2.08. The average molecular weight is 173 g/mol. The van der Waals surface area contributed by atoms with Crippen LogP contribution in [0, 0.1) is 26.2 Å². The lowest BCUT2D eigenvalue weighted by Crippen LogP contribution is -2.01. The van der Waals surface area contributed by atoms with Crippen LogP contribution in [-0.2, 0) is 0 Å². The number of hydrogen-bond donors (Lipinski definition) is 1. The van der Waals surface area contributed by atoms with Crippen LogP contribution in [0.5, 0.6) is 0 Å². The lowest BCUT2D eigenvalue weighted by molar-refractivity contribution is 1.09. The minimum Gasteiger partial charge on any atom is -0.384 e. The zero-order valence-corrected chi connectivity index (χ0v) is 8.22. The van der Waals surface area contributed by atoms with Crippen molar-refractivity contribution in [2.45, 2.75) is 20.3 Å². The molecule has 0 bridgehead atoms. The Labute approximate surface area is 80.2 Å². The van der Waals surface area contributed by atoms with E-state index < -0.39 is 0 Å². The number of benzene rings is 1. The standard InChI is InChI=1S/C12H15N/c1-4-5-8-13-12-9-10(2)6-7-11(12)3/h1,6-7,9,13H,5,8H2,2-3H3. The molecule has 0 radical (unpaired) electrons. The average Bonchev–Trinajstić information content (AvgIpc) is 2.11. The highest BCUT2D eigenvalue weighted by Gasteiger charge is 1.96. The Morgan fingerprint density at radius 3 is 2.85 bits per heavy atom. The summed E-state index contributed by atoms with van der Waals surface area (Å²) in [6.07, 6.45) is 5.94. The number of aryl methyl sites for hydroxylation is 2. The van der Waals surface area contributed by atoms with E-state index in [0.29, 0.717) is 0 Å². The lowest BCUT2D eigenvalue weighted by atomic mass is 10.1. The molecule has 68 valence electrons. The van der Waals surface area contributed by atoms with Crippen molar-refractivity contribution in [3.05, 3.63) is 29.3 Å². The summed E-state index contributed by atoms with van der Waals surface area (Å²) < 4.78 is 0. The van der Waals surface area contributed by atoms with Crippen LogP contribution in [0.4, 0.5) is 5.69 Å². The Balaban J connectivity index is 2.65. The predicted molar refractivity (Wildman–Crippen MR) is 57.9 cm³/mol. The van der Waals surface area contributed by atoms with Crippen LogP contribution in [0.2, 0.25) is 0 Å². The first kappa shape index (κ1) is 9.67.